The van der Waals surface area contributed by atoms with Crippen molar-refractivity contribution in [2.75, 3.05) is 12.0 Å². The van der Waals surface area contributed by atoms with Crippen LogP contribution in [0, 0.1) is 6.92 Å². The van der Waals surface area contributed by atoms with E-state index in [-0.39, 0.29) is 17.7 Å². The Labute approximate surface area is 200 Å². The van der Waals surface area contributed by atoms with Gasteiger partial charge >= 0.3 is 5.97 Å². The first-order valence-electron chi connectivity index (χ1n) is 12.9. The number of aryl methyl sites for hydroxylation is 1. The summed E-state index contributed by atoms with van der Waals surface area (Å²) in [4.78, 5) is 23.1. The van der Waals surface area contributed by atoms with E-state index in [1.54, 1.807) is 7.11 Å². The van der Waals surface area contributed by atoms with Crippen molar-refractivity contribution in [3.8, 4) is 0 Å². The van der Waals surface area contributed by atoms with Gasteiger partial charge in [-0.25, -0.2) is 14.8 Å². The number of ether oxygens (including phenoxy) is 1. The minimum Gasteiger partial charge on any atom is -0.477 e. The summed E-state index contributed by atoms with van der Waals surface area (Å²) >= 11 is 0. The van der Waals surface area contributed by atoms with E-state index in [2.05, 4.69) is 9.88 Å². The van der Waals surface area contributed by atoms with Crippen LogP contribution in [0.1, 0.15) is 122 Å². The predicted molar refractivity (Wildman–Crippen MR) is 125 cm³/mol. The highest BCUT2D eigenvalue weighted by atomic mass is 16.5. The van der Waals surface area contributed by atoms with Gasteiger partial charge in [-0.15, -0.1) is 0 Å². The molecule has 2 aliphatic carbocycles. The first kappa shape index (κ1) is 22.0. The number of anilines is 1. The second kappa shape index (κ2) is 8.33. The number of hydrogen-bond donors (Lipinski definition) is 1. The molecule has 2 saturated carbocycles. The Morgan fingerprint density at radius 2 is 1.88 bits per heavy atom. The molecule has 3 atom stereocenters. The highest BCUT2D eigenvalue weighted by Crippen LogP contribution is 2.57. The van der Waals surface area contributed by atoms with Gasteiger partial charge in [-0.1, -0.05) is 24.4 Å². The fraction of sp³-hybridized carbons (Fsp3) is 0.692. The first-order chi connectivity index (χ1) is 16.5. The van der Waals surface area contributed by atoms with Crippen LogP contribution < -0.4 is 4.90 Å². The van der Waals surface area contributed by atoms with Crippen LogP contribution >= 0.6 is 0 Å². The number of carboxylic acids is 1. The lowest BCUT2D eigenvalue weighted by Crippen LogP contribution is -2.57. The van der Waals surface area contributed by atoms with Gasteiger partial charge in [-0.05, 0) is 64.4 Å². The Bertz CT molecular complexity index is 1090. The Hall–Kier alpha value is -2.48. The number of piperidine rings is 1. The topological polar surface area (TPSA) is 102 Å². The van der Waals surface area contributed by atoms with Crippen molar-refractivity contribution in [3.05, 3.63) is 34.5 Å². The van der Waals surface area contributed by atoms with Crippen molar-refractivity contribution in [1.29, 1.82) is 0 Å². The lowest BCUT2D eigenvalue weighted by Gasteiger charge is -2.49. The van der Waals surface area contributed by atoms with Gasteiger partial charge in [-0.3, -0.25) is 0 Å². The van der Waals surface area contributed by atoms with Gasteiger partial charge in [0.25, 0.3) is 0 Å². The van der Waals surface area contributed by atoms with Crippen molar-refractivity contribution in [2.24, 2.45) is 0 Å². The molecule has 0 radical (unpaired) electrons. The van der Waals surface area contributed by atoms with Gasteiger partial charge in [0.05, 0.1) is 5.69 Å². The Balaban J connectivity index is 1.46. The quantitative estimate of drug-likeness (QED) is 0.613. The minimum absolute atomic E-state index is 0.0295. The third kappa shape index (κ3) is 3.44. The van der Waals surface area contributed by atoms with E-state index in [4.69, 9.17) is 19.4 Å². The van der Waals surface area contributed by atoms with Crippen LogP contribution in [0.2, 0.25) is 0 Å². The molecule has 0 aromatic carbocycles. The summed E-state index contributed by atoms with van der Waals surface area (Å²) in [6.07, 6.45) is 12.3. The van der Waals surface area contributed by atoms with Crippen LogP contribution in [0.3, 0.4) is 0 Å². The van der Waals surface area contributed by atoms with Crippen molar-refractivity contribution in [2.45, 2.75) is 107 Å². The fourth-order valence-electron chi connectivity index (χ4n) is 6.93. The molecular weight excluding hydrogens is 432 g/mol. The van der Waals surface area contributed by atoms with Crippen LogP contribution in [-0.4, -0.2) is 45.1 Å². The maximum Gasteiger partial charge on any atom is 0.354 e. The molecule has 4 heterocycles. The summed E-state index contributed by atoms with van der Waals surface area (Å²) in [7, 11) is 1.78. The van der Waals surface area contributed by atoms with Crippen molar-refractivity contribution < 1.29 is 19.2 Å². The minimum atomic E-state index is -1.03. The molecule has 6 rings (SSSR count). The number of hydrogen-bond acceptors (Lipinski definition) is 7. The fourth-order valence-corrected chi connectivity index (χ4v) is 6.93. The van der Waals surface area contributed by atoms with Crippen molar-refractivity contribution in [3.63, 3.8) is 0 Å². The normalized spacial score (nSPS) is 29.5. The van der Waals surface area contributed by atoms with Crippen LogP contribution in [0.15, 0.2) is 10.6 Å². The number of methoxy groups -OCH3 is 1. The number of rotatable bonds is 6. The van der Waals surface area contributed by atoms with E-state index in [1.165, 1.54) is 43.7 Å². The lowest BCUT2D eigenvalue weighted by atomic mass is 9.76. The molecule has 182 valence electrons. The smallest absolute Gasteiger partial charge is 0.354 e. The molecule has 4 aliphatic rings. The molecule has 8 nitrogen and oxygen atoms in total. The molecule has 4 fully saturated rings. The highest BCUT2D eigenvalue weighted by Gasteiger charge is 2.58. The molecule has 1 N–H and O–H groups in total. The Morgan fingerprint density at radius 1 is 1.09 bits per heavy atom. The number of aromatic nitrogens is 3. The van der Waals surface area contributed by atoms with Crippen molar-refractivity contribution >= 4 is 11.9 Å². The van der Waals surface area contributed by atoms with E-state index in [0.29, 0.717) is 23.5 Å². The standard InChI is InChI=1S/C26H34N4O4/c1-15-14-20(24(31)32)28-25(27-15)30-18-10-11-19(26(30,33-2)13-12-18)21-22(16-6-4-3-5-7-16)29-34-23(21)17-8-9-17/h14,16-19H,3-13H2,1-2H3,(H,31,32). The van der Waals surface area contributed by atoms with Gasteiger partial charge in [-0.2, -0.15) is 0 Å². The number of aromatic carboxylic acids is 1. The predicted octanol–water partition coefficient (Wildman–Crippen LogP) is 5.29. The molecule has 2 aromatic heterocycles. The molecule has 34 heavy (non-hydrogen) atoms. The van der Waals surface area contributed by atoms with Crippen LogP contribution in [0.25, 0.3) is 0 Å². The molecule has 2 saturated heterocycles. The van der Waals surface area contributed by atoms with E-state index < -0.39 is 11.7 Å². The summed E-state index contributed by atoms with van der Waals surface area (Å²) in [5.41, 5.74) is 2.51. The third-order valence-corrected chi connectivity index (χ3v) is 8.64. The molecule has 2 aliphatic heterocycles. The SMILES string of the molecule is COC12CCC(CCC1c1c(C3CCCCC3)noc1C1CC1)N2c1nc(C)cc(C(=O)O)n1. The second-order valence-corrected chi connectivity index (χ2v) is 10.7. The average molecular weight is 467 g/mol. The summed E-state index contributed by atoms with van der Waals surface area (Å²) in [6.45, 7) is 1.83. The molecule has 0 amide bonds. The number of carboxylic acid groups (broad SMARTS) is 1. The van der Waals surface area contributed by atoms with Crippen LogP contribution in [0.4, 0.5) is 5.95 Å². The summed E-state index contributed by atoms with van der Waals surface area (Å²) < 4.78 is 12.5. The van der Waals surface area contributed by atoms with Crippen LogP contribution in [-0.2, 0) is 4.74 Å². The van der Waals surface area contributed by atoms with Crippen LogP contribution in [0.5, 0.6) is 0 Å². The number of fused-ring (bicyclic) bond motifs is 2. The third-order valence-electron chi connectivity index (χ3n) is 8.64. The Morgan fingerprint density at radius 3 is 2.59 bits per heavy atom. The molecule has 2 aromatic rings. The Kier molecular flexibility index (Phi) is 5.39. The molecule has 8 heteroatoms. The van der Waals surface area contributed by atoms with Gasteiger partial charge in [0.1, 0.15) is 11.5 Å². The molecule has 2 bridgehead atoms. The summed E-state index contributed by atoms with van der Waals surface area (Å²) in [5.74, 6) is 1.53. The van der Waals surface area contributed by atoms with E-state index in [1.807, 2.05) is 6.92 Å². The summed E-state index contributed by atoms with van der Waals surface area (Å²) in [6, 6.07) is 1.77. The monoisotopic (exact) mass is 466 g/mol. The van der Waals surface area contributed by atoms with E-state index in [9.17, 15) is 9.90 Å². The highest BCUT2D eigenvalue weighted by molar-refractivity contribution is 5.85. The molecule has 0 spiro atoms. The summed E-state index contributed by atoms with van der Waals surface area (Å²) in [5, 5.41) is 14.3. The first-order valence-corrected chi connectivity index (χ1v) is 12.9. The zero-order valence-electron chi connectivity index (χ0n) is 20.1. The van der Waals surface area contributed by atoms with Gasteiger partial charge < -0.3 is 19.3 Å². The van der Waals surface area contributed by atoms with Gasteiger partial charge in [0.2, 0.25) is 5.95 Å². The average Bonchev–Trinajstić information content (AvgIpc) is 3.54. The molecular formula is C26H34N4O4. The van der Waals surface area contributed by atoms with Gasteiger partial charge in [0.15, 0.2) is 5.69 Å². The van der Waals surface area contributed by atoms with E-state index in [0.717, 1.165) is 50.0 Å². The van der Waals surface area contributed by atoms with Crippen molar-refractivity contribution in [1.82, 2.24) is 15.1 Å². The lowest BCUT2D eigenvalue weighted by molar-refractivity contribution is -0.0388. The maximum absolute atomic E-state index is 11.8. The number of nitrogens with zero attached hydrogens (tertiary/aromatic N) is 4. The number of carbonyl (C=O) groups is 1. The molecule has 3 unspecified atom stereocenters. The van der Waals surface area contributed by atoms with E-state index >= 15 is 0 Å². The van der Waals surface area contributed by atoms with Gasteiger partial charge in [0, 0.05) is 42.2 Å². The maximum atomic E-state index is 11.8. The zero-order chi connectivity index (χ0) is 23.4. The largest absolute Gasteiger partial charge is 0.477 e. The zero-order valence-corrected chi connectivity index (χ0v) is 20.1. The second-order valence-electron chi connectivity index (χ2n) is 10.7.